The molecule has 0 saturated heterocycles. The first-order valence-electron chi connectivity index (χ1n) is 8.67. The number of alkyl halides is 3. The number of carbonyl (C=O) groups excluding carboxylic acids is 1. The summed E-state index contributed by atoms with van der Waals surface area (Å²) in [6.45, 7) is 3.75. The summed E-state index contributed by atoms with van der Waals surface area (Å²) < 4.78 is 73.0. The van der Waals surface area contributed by atoms with Crippen LogP contribution in [-0.2, 0) is 12.7 Å². The predicted octanol–water partition coefficient (Wildman–Crippen LogP) is 0.118. The molecule has 0 atom stereocenters. The first-order chi connectivity index (χ1) is 14.2. The van der Waals surface area contributed by atoms with Crippen LogP contribution in [0.3, 0.4) is 0 Å². The number of hydrogen-bond acceptors (Lipinski definition) is 6. The first kappa shape index (κ1) is 24.6. The van der Waals surface area contributed by atoms with Crippen LogP contribution < -0.4 is 14.0 Å². The van der Waals surface area contributed by atoms with Crippen molar-refractivity contribution < 1.29 is 46.8 Å². The van der Waals surface area contributed by atoms with Gasteiger partial charge in [0.05, 0.1) is 26.2 Å². The Hall–Kier alpha value is -2.70. The summed E-state index contributed by atoms with van der Waals surface area (Å²) in [5.74, 6) is -0.295. The minimum Gasteiger partial charge on any atom is -0.336 e. The highest BCUT2D eigenvalue weighted by molar-refractivity contribution is 5.94. The molecule has 0 saturated carbocycles. The van der Waals surface area contributed by atoms with Crippen molar-refractivity contribution in [3.05, 3.63) is 70.7 Å². The number of halogens is 4. The average molecular weight is 462 g/mol. The third kappa shape index (κ3) is 6.91. The number of nitrogens with zero attached hydrogens (tertiary/aromatic N) is 3. The Kier molecular flexibility index (Phi) is 7.29. The Morgan fingerprint density at radius 1 is 1.19 bits per heavy atom. The number of hydrogen-bond donors (Lipinski definition) is 1. The van der Waals surface area contributed by atoms with Gasteiger partial charge in [-0.15, -0.1) is 0 Å². The highest BCUT2D eigenvalue weighted by atomic mass is 35.7. The van der Waals surface area contributed by atoms with Gasteiger partial charge in [0.2, 0.25) is 0 Å². The van der Waals surface area contributed by atoms with Crippen LogP contribution in [0.5, 0.6) is 0 Å². The lowest BCUT2D eigenvalue weighted by Gasteiger charge is -2.18. The maximum atomic E-state index is 12.9. The van der Waals surface area contributed by atoms with Crippen LogP contribution in [0.1, 0.15) is 32.9 Å². The van der Waals surface area contributed by atoms with E-state index in [0.717, 1.165) is 17.7 Å². The van der Waals surface area contributed by atoms with E-state index in [4.69, 9.17) is 18.6 Å². The standard InChI is InChI=1S/C19H18F3N3O.ClHO4/c1-12-7-8-25-16(9-12)23-13(2)17(25)18(26)24(3)11-14-5-4-6-15(10-14)19(20,21)22;2-1(3,4)5/h4-10H,11H2,1-3H3;(H,2,3,4,5). The SMILES string of the molecule is Cc1ccn2c(C(=O)N(C)Cc3cccc(C(F)(F)F)c3)c(C)nc2c1.[O-][Cl+3]([O-])([O-])O. The van der Waals surface area contributed by atoms with E-state index in [1.807, 2.05) is 19.1 Å². The molecular formula is C19H19ClF3N3O5. The van der Waals surface area contributed by atoms with Crippen LogP contribution in [-0.4, -0.2) is 31.9 Å². The Morgan fingerprint density at radius 3 is 2.39 bits per heavy atom. The number of carbonyl (C=O) groups is 1. The van der Waals surface area contributed by atoms with Gasteiger partial charge in [0.15, 0.2) is 0 Å². The van der Waals surface area contributed by atoms with E-state index in [1.165, 1.54) is 11.0 Å². The molecule has 1 amide bonds. The van der Waals surface area contributed by atoms with Crippen molar-refractivity contribution in [1.82, 2.24) is 14.3 Å². The Balaban J connectivity index is 0.000000614. The molecule has 3 aromatic rings. The van der Waals surface area contributed by atoms with Crippen LogP contribution >= 0.6 is 0 Å². The lowest BCUT2D eigenvalue weighted by molar-refractivity contribution is -1.92. The normalized spacial score (nSPS) is 11.8. The number of benzene rings is 1. The quantitative estimate of drug-likeness (QED) is 0.590. The van der Waals surface area contributed by atoms with E-state index < -0.39 is 22.0 Å². The summed E-state index contributed by atoms with van der Waals surface area (Å²) in [6, 6.07) is 8.74. The Bertz CT molecular complexity index is 1070. The zero-order valence-corrected chi connectivity index (χ0v) is 17.4. The van der Waals surface area contributed by atoms with Crippen LogP contribution in [0.2, 0.25) is 0 Å². The number of aryl methyl sites for hydroxylation is 2. The summed E-state index contributed by atoms with van der Waals surface area (Å²) in [4.78, 5) is 18.6. The van der Waals surface area contributed by atoms with E-state index in [1.54, 1.807) is 30.6 Å². The zero-order chi connectivity index (χ0) is 23.6. The molecule has 1 aromatic carbocycles. The van der Waals surface area contributed by atoms with Crippen LogP contribution in [0, 0.1) is 24.1 Å². The van der Waals surface area contributed by atoms with Crippen LogP contribution in [0.25, 0.3) is 5.65 Å². The minimum absolute atomic E-state index is 0.0707. The second-order valence-electron chi connectivity index (χ2n) is 6.73. The summed E-state index contributed by atoms with van der Waals surface area (Å²) in [6.07, 6.45) is -2.63. The summed E-state index contributed by atoms with van der Waals surface area (Å²) in [5.41, 5.74) is 2.37. The molecule has 2 aromatic heterocycles. The molecule has 1 N–H and O–H groups in total. The fraction of sp³-hybridized carbons (Fsp3) is 0.263. The maximum absolute atomic E-state index is 12.9. The number of rotatable bonds is 3. The largest absolute Gasteiger partial charge is 0.416 e. The smallest absolute Gasteiger partial charge is 0.336 e. The minimum atomic E-state index is -4.69. The van der Waals surface area contributed by atoms with E-state index in [9.17, 15) is 18.0 Å². The molecule has 31 heavy (non-hydrogen) atoms. The molecule has 0 aliphatic carbocycles. The monoisotopic (exact) mass is 461 g/mol. The number of aromatic nitrogens is 2. The van der Waals surface area contributed by atoms with Crippen molar-refractivity contribution in [2.75, 3.05) is 7.05 Å². The second kappa shape index (κ2) is 9.20. The zero-order valence-electron chi connectivity index (χ0n) is 16.7. The Morgan fingerprint density at radius 2 is 1.81 bits per heavy atom. The van der Waals surface area contributed by atoms with E-state index >= 15 is 0 Å². The van der Waals surface area contributed by atoms with Gasteiger partial charge in [-0.05, 0) is 49.2 Å². The highest BCUT2D eigenvalue weighted by Gasteiger charge is 2.30. The molecule has 8 nitrogen and oxygen atoms in total. The molecule has 2 heterocycles. The van der Waals surface area contributed by atoms with Crippen LogP contribution in [0.4, 0.5) is 13.2 Å². The van der Waals surface area contributed by atoms with Crippen molar-refractivity contribution in [1.29, 1.82) is 0 Å². The van der Waals surface area contributed by atoms with E-state index in [-0.39, 0.29) is 12.5 Å². The van der Waals surface area contributed by atoms with Gasteiger partial charge in [-0.25, -0.2) is 4.98 Å². The predicted molar refractivity (Wildman–Crippen MR) is 94.1 cm³/mol. The molecule has 3 rings (SSSR count). The second-order valence-corrected chi connectivity index (χ2v) is 7.53. The summed E-state index contributed by atoms with van der Waals surface area (Å²) in [5, 5.41) is 0. The number of imidazole rings is 1. The lowest BCUT2D eigenvalue weighted by atomic mass is 10.1. The van der Waals surface area contributed by atoms with Gasteiger partial charge < -0.3 is 4.90 Å². The van der Waals surface area contributed by atoms with Crippen LogP contribution in [0.15, 0.2) is 42.6 Å². The summed E-state index contributed by atoms with van der Waals surface area (Å²) in [7, 11) is -3.13. The van der Waals surface area contributed by atoms with Gasteiger partial charge >= 0.3 is 6.18 Å². The molecule has 168 valence electrons. The molecule has 0 radical (unpaired) electrons. The molecule has 0 bridgehead atoms. The van der Waals surface area contributed by atoms with E-state index in [0.29, 0.717) is 22.6 Å². The van der Waals surface area contributed by atoms with Crippen molar-refractivity contribution in [3.8, 4) is 0 Å². The van der Waals surface area contributed by atoms with Gasteiger partial charge in [-0.2, -0.15) is 27.1 Å². The average Bonchev–Trinajstić information content (AvgIpc) is 2.93. The summed E-state index contributed by atoms with van der Waals surface area (Å²) >= 11 is 0. The third-order valence-corrected chi connectivity index (χ3v) is 4.18. The third-order valence-electron chi connectivity index (χ3n) is 4.18. The molecule has 0 fully saturated rings. The van der Waals surface area contributed by atoms with Crippen molar-refractivity contribution in [3.63, 3.8) is 0 Å². The van der Waals surface area contributed by atoms with E-state index in [2.05, 4.69) is 4.98 Å². The molecule has 12 heteroatoms. The number of amides is 1. The molecule has 0 unspecified atom stereocenters. The first-order valence-corrected chi connectivity index (χ1v) is 9.93. The number of fused-ring (bicyclic) bond motifs is 1. The fourth-order valence-electron chi connectivity index (χ4n) is 2.89. The highest BCUT2D eigenvalue weighted by Crippen LogP contribution is 2.29. The van der Waals surface area contributed by atoms with Gasteiger partial charge in [-0.1, -0.05) is 12.1 Å². The van der Waals surface area contributed by atoms with Gasteiger partial charge in [0.25, 0.3) is 5.91 Å². The van der Waals surface area contributed by atoms with Crippen molar-refractivity contribution >= 4 is 11.6 Å². The molecule has 0 aliphatic heterocycles. The molecule has 0 spiro atoms. The molecule has 0 aliphatic rings. The van der Waals surface area contributed by atoms with Gasteiger partial charge in [0.1, 0.15) is 11.3 Å². The van der Waals surface area contributed by atoms with Gasteiger partial charge in [-0.3, -0.25) is 9.20 Å². The molecular weight excluding hydrogens is 443 g/mol. The van der Waals surface area contributed by atoms with Crippen molar-refractivity contribution in [2.45, 2.75) is 26.6 Å². The van der Waals surface area contributed by atoms with Crippen molar-refractivity contribution in [2.24, 2.45) is 0 Å². The topological polar surface area (TPSA) is 127 Å². The maximum Gasteiger partial charge on any atom is 0.416 e. The lowest BCUT2D eigenvalue weighted by Crippen LogP contribution is -2.58. The van der Waals surface area contributed by atoms with Gasteiger partial charge in [0, 0.05) is 19.8 Å². The Labute approximate surface area is 177 Å². The fourth-order valence-corrected chi connectivity index (χ4v) is 2.89. The number of pyridine rings is 1.